The van der Waals surface area contributed by atoms with Gasteiger partial charge in [0.15, 0.2) is 23.1 Å². The van der Waals surface area contributed by atoms with Gasteiger partial charge in [0.2, 0.25) is 10.0 Å². The molecule has 9 heteroatoms. The number of hydrogen-bond donors (Lipinski definition) is 0. The lowest BCUT2D eigenvalue weighted by Gasteiger charge is -2.28. The third-order valence-electron chi connectivity index (χ3n) is 5.75. The van der Waals surface area contributed by atoms with Crippen molar-refractivity contribution in [2.45, 2.75) is 49.8 Å². The van der Waals surface area contributed by atoms with Crippen LogP contribution < -0.4 is 9.47 Å². The van der Waals surface area contributed by atoms with Crippen molar-refractivity contribution in [3.8, 4) is 11.5 Å². The Bertz CT molecular complexity index is 1190. The van der Waals surface area contributed by atoms with E-state index in [0.717, 1.165) is 54.3 Å². The van der Waals surface area contributed by atoms with Gasteiger partial charge < -0.3 is 9.47 Å². The number of methoxy groups -OCH3 is 1. The van der Waals surface area contributed by atoms with E-state index in [4.69, 9.17) is 9.47 Å². The molecule has 4 rings (SSSR count). The van der Waals surface area contributed by atoms with Gasteiger partial charge in [-0.3, -0.25) is 0 Å². The first kappa shape index (κ1) is 23.7. The van der Waals surface area contributed by atoms with Gasteiger partial charge in [-0.2, -0.15) is 4.31 Å². The molecule has 0 aliphatic heterocycles. The van der Waals surface area contributed by atoms with Gasteiger partial charge in [-0.15, -0.1) is 11.3 Å². The summed E-state index contributed by atoms with van der Waals surface area (Å²) in [5, 5.41) is 1.97. The summed E-state index contributed by atoms with van der Waals surface area (Å²) in [5.74, 6) is -1.20. The van der Waals surface area contributed by atoms with Crippen molar-refractivity contribution in [2.24, 2.45) is 0 Å². The Balaban J connectivity index is 1.63. The maximum absolute atomic E-state index is 13.8. The zero-order valence-corrected chi connectivity index (χ0v) is 19.8. The highest BCUT2D eigenvalue weighted by Gasteiger charge is 2.34. The lowest BCUT2D eigenvalue weighted by atomic mass is 10.1. The molecule has 176 valence electrons. The van der Waals surface area contributed by atoms with Gasteiger partial charge in [-0.1, -0.05) is 25.0 Å². The number of thiophene rings is 1. The zero-order valence-electron chi connectivity index (χ0n) is 18.2. The summed E-state index contributed by atoms with van der Waals surface area (Å²) >= 11 is 1.58. The van der Waals surface area contributed by atoms with Gasteiger partial charge in [-0.05, 0) is 60.2 Å². The maximum atomic E-state index is 13.8. The monoisotopic (exact) mass is 493 g/mol. The number of nitrogens with zero attached hydrogens (tertiary/aromatic N) is 1. The van der Waals surface area contributed by atoms with Gasteiger partial charge in [0.05, 0.1) is 12.0 Å². The molecule has 33 heavy (non-hydrogen) atoms. The van der Waals surface area contributed by atoms with Crippen molar-refractivity contribution in [2.75, 3.05) is 7.11 Å². The summed E-state index contributed by atoms with van der Waals surface area (Å²) in [7, 11) is -2.49. The van der Waals surface area contributed by atoms with Gasteiger partial charge >= 0.3 is 0 Å². The molecule has 0 bridgehead atoms. The smallest absolute Gasteiger partial charge is 0.243 e. The van der Waals surface area contributed by atoms with E-state index >= 15 is 0 Å². The molecule has 1 heterocycles. The third kappa shape index (κ3) is 5.37. The molecule has 5 nitrogen and oxygen atoms in total. The molecule has 3 aromatic rings. The van der Waals surface area contributed by atoms with Gasteiger partial charge in [0.1, 0.15) is 6.61 Å². The fraction of sp³-hybridized carbons (Fsp3) is 0.333. The van der Waals surface area contributed by atoms with Crippen molar-refractivity contribution in [1.82, 2.24) is 4.31 Å². The fourth-order valence-corrected chi connectivity index (χ4v) is 6.33. The Kier molecular flexibility index (Phi) is 7.31. The molecule has 1 aromatic heterocycles. The molecular formula is C24H25F2NO4S2. The van der Waals surface area contributed by atoms with E-state index in [1.54, 1.807) is 36.6 Å². The van der Waals surface area contributed by atoms with Crippen LogP contribution in [0.2, 0.25) is 0 Å². The molecule has 0 unspecified atom stereocenters. The zero-order chi connectivity index (χ0) is 23.4. The molecule has 1 aliphatic rings. The van der Waals surface area contributed by atoms with Crippen molar-refractivity contribution >= 4 is 21.4 Å². The topological polar surface area (TPSA) is 55.8 Å². The molecule has 0 radical (unpaired) electrons. The van der Waals surface area contributed by atoms with Crippen molar-refractivity contribution in [3.63, 3.8) is 0 Å². The number of benzene rings is 2. The summed E-state index contributed by atoms with van der Waals surface area (Å²) in [6.45, 7) is 0.461. The minimum atomic E-state index is -4.04. The number of ether oxygens (including phenoxy) is 2. The lowest BCUT2D eigenvalue weighted by Crippen LogP contribution is -2.38. The standard InChI is InChI=1S/C24H25F2NO4S2/c1-30-23-11-8-17(13-24(23)31-16-19-7-4-12-32-19)15-27(18-5-2-3-6-18)33(28,29)20-9-10-21(25)22(26)14-20/h4,7-14,18H,2-3,5-6,15-16H2,1H3. The largest absolute Gasteiger partial charge is 0.493 e. The van der Waals surface area contributed by atoms with E-state index in [9.17, 15) is 17.2 Å². The van der Waals surface area contributed by atoms with Crippen molar-refractivity contribution < 1.29 is 26.7 Å². The summed E-state index contributed by atoms with van der Waals surface area (Å²) in [6.07, 6.45) is 3.29. The highest BCUT2D eigenvalue weighted by Crippen LogP contribution is 2.34. The van der Waals surface area contributed by atoms with Crippen LogP contribution >= 0.6 is 11.3 Å². The summed E-state index contributed by atoms with van der Waals surface area (Å²) < 4.78 is 66.9. The summed E-state index contributed by atoms with van der Waals surface area (Å²) in [4.78, 5) is 0.798. The van der Waals surface area contributed by atoms with E-state index in [0.29, 0.717) is 18.1 Å². The minimum Gasteiger partial charge on any atom is -0.493 e. The molecule has 0 amide bonds. The summed E-state index contributed by atoms with van der Waals surface area (Å²) in [5.41, 5.74) is 0.718. The predicted molar refractivity (Wildman–Crippen MR) is 123 cm³/mol. The Labute approximate surface area is 196 Å². The highest BCUT2D eigenvalue weighted by atomic mass is 32.2. The van der Waals surface area contributed by atoms with Crippen LogP contribution in [0.15, 0.2) is 58.8 Å². The van der Waals surface area contributed by atoms with Crippen LogP contribution in [0.1, 0.15) is 36.1 Å². The Hall–Kier alpha value is -2.49. The Morgan fingerprint density at radius 3 is 2.48 bits per heavy atom. The Morgan fingerprint density at radius 2 is 1.82 bits per heavy atom. The first-order valence-corrected chi connectivity index (χ1v) is 13.0. The molecule has 1 aliphatic carbocycles. The van der Waals surface area contributed by atoms with Crippen LogP contribution in [0.3, 0.4) is 0 Å². The number of halogens is 2. The highest BCUT2D eigenvalue weighted by molar-refractivity contribution is 7.89. The average Bonchev–Trinajstić information content (AvgIpc) is 3.52. The number of rotatable bonds is 9. The van der Waals surface area contributed by atoms with Crippen LogP contribution in [0.25, 0.3) is 0 Å². The second kappa shape index (κ2) is 10.2. The number of sulfonamides is 1. The molecule has 0 spiro atoms. The fourth-order valence-electron chi connectivity index (χ4n) is 4.03. The van der Waals surface area contributed by atoms with Crippen molar-refractivity contribution in [3.05, 3.63) is 76.0 Å². The van der Waals surface area contributed by atoms with E-state index in [-0.39, 0.29) is 17.5 Å². The van der Waals surface area contributed by atoms with E-state index in [1.807, 2.05) is 17.5 Å². The second-order valence-corrected chi connectivity index (χ2v) is 10.8. The van der Waals surface area contributed by atoms with Crippen LogP contribution in [0.5, 0.6) is 11.5 Å². The number of hydrogen-bond acceptors (Lipinski definition) is 5. The van der Waals surface area contributed by atoms with E-state index in [1.165, 1.54) is 4.31 Å². The first-order valence-electron chi connectivity index (χ1n) is 10.7. The molecule has 1 fully saturated rings. The molecule has 1 saturated carbocycles. The van der Waals surface area contributed by atoms with Gasteiger partial charge in [-0.25, -0.2) is 17.2 Å². The molecule has 2 aromatic carbocycles. The molecule has 0 N–H and O–H groups in total. The quantitative estimate of drug-likeness (QED) is 0.381. The van der Waals surface area contributed by atoms with Crippen LogP contribution in [-0.4, -0.2) is 25.9 Å². The molecule has 0 atom stereocenters. The third-order valence-corrected chi connectivity index (χ3v) is 8.49. The summed E-state index contributed by atoms with van der Waals surface area (Å²) in [6, 6.07) is 11.7. The minimum absolute atomic E-state index is 0.0886. The normalized spacial score (nSPS) is 14.7. The van der Waals surface area contributed by atoms with E-state index in [2.05, 4.69) is 0 Å². The average molecular weight is 494 g/mol. The van der Waals surface area contributed by atoms with Gasteiger partial charge in [0, 0.05) is 17.5 Å². The first-order chi connectivity index (χ1) is 15.9. The van der Waals surface area contributed by atoms with E-state index < -0.39 is 21.7 Å². The van der Waals surface area contributed by atoms with Crippen LogP contribution in [-0.2, 0) is 23.2 Å². The maximum Gasteiger partial charge on any atom is 0.243 e. The predicted octanol–water partition coefficient (Wildman–Crippen LogP) is 5.75. The van der Waals surface area contributed by atoms with Crippen LogP contribution in [0.4, 0.5) is 8.78 Å². The van der Waals surface area contributed by atoms with Crippen LogP contribution in [0, 0.1) is 11.6 Å². The SMILES string of the molecule is COc1ccc(CN(C2CCCC2)S(=O)(=O)c2ccc(F)c(F)c2)cc1OCc1cccs1. The molecular weight excluding hydrogens is 468 g/mol. The Morgan fingerprint density at radius 1 is 1.03 bits per heavy atom. The second-order valence-electron chi connectivity index (χ2n) is 7.92. The van der Waals surface area contributed by atoms with Crippen molar-refractivity contribution in [1.29, 1.82) is 0 Å². The lowest BCUT2D eigenvalue weighted by molar-refractivity contribution is 0.285. The molecule has 0 saturated heterocycles. The van der Waals surface area contributed by atoms with Gasteiger partial charge in [0.25, 0.3) is 0 Å².